The van der Waals surface area contributed by atoms with Gasteiger partial charge in [0.15, 0.2) is 0 Å². The van der Waals surface area contributed by atoms with Gasteiger partial charge in [-0.25, -0.2) is 23.3 Å². The van der Waals surface area contributed by atoms with Crippen molar-refractivity contribution in [2.24, 2.45) is 0 Å². The van der Waals surface area contributed by atoms with E-state index in [0.717, 1.165) is 51.9 Å². The minimum absolute atomic E-state index is 0. The summed E-state index contributed by atoms with van der Waals surface area (Å²) >= 11 is 0. The molecule has 2 rings (SSSR count). The molecular formula is C22H38HfN2. The molecule has 0 aromatic carbocycles. The SMILES string of the molecule is CCC1=[C-]CC=C1.CCC1=[C-]CC=C1.CC[N-]CC.CC[N-]CC.[Hf+4]. The summed E-state index contributed by atoms with van der Waals surface area (Å²) in [5, 5.41) is 7.94. The molecule has 0 radical (unpaired) electrons. The average Bonchev–Trinajstić information content (AvgIpc) is 3.31. The Morgan fingerprint density at radius 2 is 1.00 bits per heavy atom. The van der Waals surface area contributed by atoms with E-state index >= 15 is 0 Å². The van der Waals surface area contributed by atoms with Gasteiger partial charge in [0.2, 0.25) is 0 Å². The zero-order valence-electron chi connectivity index (χ0n) is 17.4. The number of nitrogens with zero attached hydrogens (tertiary/aromatic N) is 2. The Morgan fingerprint density at radius 3 is 1.08 bits per heavy atom. The van der Waals surface area contributed by atoms with Crippen LogP contribution in [0.3, 0.4) is 0 Å². The van der Waals surface area contributed by atoms with Crippen molar-refractivity contribution in [2.45, 2.75) is 67.2 Å². The molecule has 0 spiro atoms. The molecular weight excluding hydrogens is 471 g/mol. The predicted molar refractivity (Wildman–Crippen MR) is 110 cm³/mol. The van der Waals surface area contributed by atoms with Crippen LogP contribution in [0.25, 0.3) is 10.6 Å². The Labute approximate surface area is 177 Å². The number of hydrogen-bond acceptors (Lipinski definition) is 0. The van der Waals surface area contributed by atoms with Gasteiger partial charge in [-0.3, -0.25) is 12.2 Å². The maximum absolute atomic E-state index is 3.97. The second-order valence-electron chi connectivity index (χ2n) is 5.04. The number of rotatable bonds is 6. The smallest absolute Gasteiger partial charge is 0.663 e. The molecule has 0 aromatic heterocycles. The van der Waals surface area contributed by atoms with Crippen molar-refractivity contribution in [3.63, 3.8) is 0 Å². The Hall–Kier alpha value is -0.250. The van der Waals surface area contributed by atoms with Crippen molar-refractivity contribution >= 4 is 0 Å². The van der Waals surface area contributed by atoms with Crippen LogP contribution < -0.4 is 0 Å². The van der Waals surface area contributed by atoms with Gasteiger partial charge in [-0.15, -0.1) is 12.8 Å². The quantitative estimate of drug-likeness (QED) is 0.274. The van der Waals surface area contributed by atoms with Crippen LogP contribution in [-0.4, -0.2) is 26.2 Å². The largest absolute Gasteiger partial charge is 4.00 e. The summed E-state index contributed by atoms with van der Waals surface area (Å²) in [5.41, 5.74) is 2.72. The summed E-state index contributed by atoms with van der Waals surface area (Å²) in [7, 11) is 0. The van der Waals surface area contributed by atoms with Crippen LogP contribution in [0.1, 0.15) is 67.2 Å². The van der Waals surface area contributed by atoms with Gasteiger partial charge >= 0.3 is 25.8 Å². The van der Waals surface area contributed by atoms with Crippen LogP contribution in [-0.2, 0) is 25.8 Å². The van der Waals surface area contributed by atoms with Crippen molar-refractivity contribution in [1.29, 1.82) is 0 Å². The van der Waals surface area contributed by atoms with E-state index in [0.29, 0.717) is 0 Å². The van der Waals surface area contributed by atoms with Crippen molar-refractivity contribution in [3.05, 3.63) is 58.2 Å². The fourth-order valence-electron chi connectivity index (χ4n) is 1.83. The summed E-state index contributed by atoms with van der Waals surface area (Å²) in [5.74, 6) is 0. The van der Waals surface area contributed by atoms with Gasteiger partial charge in [0.05, 0.1) is 0 Å². The molecule has 0 atom stereocenters. The first-order valence-corrected chi connectivity index (χ1v) is 9.48. The minimum Gasteiger partial charge on any atom is -0.663 e. The maximum Gasteiger partial charge on any atom is 4.00 e. The van der Waals surface area contributed by atoms with Gasteiger partial charge < -0.3 is 10.6 Å². The molecule has 2 aliphatic rings. The van der Waals surface area contributed by atoms with Gasteiger partial charge in [-0.05, 0) is 0 Å². The summed E-state index contributed by atoms with van der Waals surface area (Å²) in [6.07, 6.45) is 19.3. The molecule has 0 heterocycles. The summed E-state index contributed by atoms with van der Waals surface area (Å²) < 4.78 is 0. The molecule has 0 aromatic rings. The normalized spacial score (nSPS) is 13.2. The number of allylic oxidation sites excluding steroid dienone is 8. The molecule has 25 heavy (non-hydrogen) atoms. The Balaban J connectivity index is -0.000000259. The Kier molecular flexibility index (Phi) is 30.7. The number of hydrogen-bond donors (Lipinski definition) is 0. The minimum atomic E-state index is 0. The topological polar surface area (TPSA) is 28.2 Å². The monoisotopic (exact) mass is 510 g/mol. The zero-order chi connectivity index (χ0) is 18.5. The van der Waals surface area contributed by atoms with E-state index < -0.39 is 0 Å². The van der Waals surface area contributed by atoms with Crippen LogP contribution in [0, 0.1) is 12.2 Å². The zero-order valence-corrected chi connectivity index (χ0v) is 21.0. The molecule has 0 N–H and O–H groups in total. The molecule has 0 saturated carbocycles. The first-order chi connectivity index (χ1) is 11.7. The van der Waals surface area contributed by atoms with Gasteiger partial charge in [0.1, 0.15) is 0 Å². The third-order valence-corrected chi connectivity index (χ3v) is 3.19. The van der Waals surface area contributed by atoms with Crippen LogP contribution in [0.2, 0.25) is 0 Å². The van der Waals surface area contributed by atoms with Gasteiger partial charge in [-0.2, -0.15) is 38.3 Å². The van der Waals surface area contributed by atoms with Crippen molar-refractivity contribution in [3.8, 4) is 0 Å². The molecule has 0 bridgehead atoms. The average molecular weight is 509 g/mol. The molecule has 0 aliphatic heterocycles. The van der Waals surface area contributed by atoms with Crippen LogP contribution >= 0.6 is 0 Å². The maximum atomic E-state index is 3.97. The fourth-order valence-corrected chi connectivity index (χ4v) is 1.83. The molecule has 0 fully saturated rings. The molecule has 2 nitrogen and oxygen atoms in total. The Morgan fingerprint density at radius 1 is 0.680 bits per heavy atom. The van der Waals surface area contributed by atoms with Gasteiger partial charge in [0.25, 0.3) is 0 Å². The van der Waals surface area contributed by atoms with Crippen LogP contribution in [0.5, 0.6) is 0 Å². The Bertz CT molecular complexity index is 328. The van der Waals surface area contributed by atoms with E-state index in [1.165, 1.54) is 11.1 Å². The molecule has 140 valence electrons. The molecule has 3 heteroatoms. The summed E-state index contributed by atoms with van der Waals surface area (Å²) in [4.78, 5) is 0. The molecule has 0 unspecified atom stereocenters. The summed E-state index contributed by atoms with van der Waals surface area (Å²) in [6, 6.07) is 0. The van der Waals surface area contributed by atoms with Crippen LogP contribution in [0.4, 0.5) is 0 Å². The van der Waals surface area contributed by atoms with Crippen molar-refractivity contribution in [2.75, 3.05) is 26.2 Å². The first-order valence-electron chi connectivity index (χ1n) is 9.48. The third-order valence-electron chi connectivity index (χ3n) is 3.19. The molecule has 2 aliphatic carbocycles. The van der Waals surface area contributed by atoms with E-state index in [1.54, 1.807) is 0 Å². The predicted octanol–water partition coefficient (Wildman–Crippen LogP) is 6.97. The van der Waals surface area contributed by atoms with E-state index in [-0.39, 0.29) is 25.8 Å². The fraction of sp³-hybridized carbons (Fsp3) is 0.636. The van der Waals surface area contributed by atoms with Gasteiger partial charge in [0, 0.05) is 0 Å². The van der Waals surface area contributed by atoms with E-state index in [4.69, 9.17) is 0 Å². The summed E-state index contributed by atoms with van der Waals surface area (Å²) in [6.45, 7) is 16.4. The van der Waals surface area contributed by atoms with Gasteiger partial charge in [-0.1, -0.05) is 54.4 Å². The van der Waals surface area contributed by atoms with Crippen molar-refractivity contribution in [1.82, 2.24) is 0 Å². The van der Waals surface area contributed by atoms with Crippen LogP contribution in [0.15, 0.2) is 35.5 Å². The third kappa shape index (κ3) is 23.8. The van der Waals surface area contributed by atoms with E-state index in [1.807, 2.05) is 27.7 Å². The second-order valence-corrected chi connectivity index (χ2v) is 5.04. The van der Waals surface area contributed by atoms with E-state index in [9.17, 15) is 0 Å². The first kappa shape index (κ1) is 29.5. The van der Waals surface area contributed by atoms with E-state index in [2.05, 4.69) is 60.9 Å². The van der Waals surface area contributed by atoms with Crippen molar-refractivity contribution < 1.29 is 25.8 Å². The standard InChI is InChI=1S/2C7H9.2C4H10N.Hf/c2*1-2-7-5-3-4-6-7;2*1-3-5-4-2;/h2*3,5H,2,4H2,1H3;2*3-4H2,1-2H3;/q4*-1;+4. The molecule has 0 amide bonds. The second kappa shape index (κ2) is 26.0. The molecule has 0 saturated heterocycles.